The smallest absolute Gasteiger partial charge is 0.0784 e. The third kappa shape index (κ3) is 25.6. The van der Waals surface area contributed by atoms with Crippen LogP contribution in [0.3, 0.4) is 0 Å². The molecule has 0 amide bonds. The molecule has 32 heavy (non-hydrogen) atoms. The summed E-state index contributed by atoms with van der Waals surface area (Å²) < 4.78 is 1.30. The molecule has 0 aromatic carbocycles. The fourth-order valence-electron chi connectivity index (χ4n) is 4.89. The monoisotopic (exact) mass is 585 g/mol. The molecule has 0 rings (SSSR count). The topological polar surface area (TPSA) is 0 Å². The van der Waals surface area contributed by atoms with Gasteiger partial charge in [-0.15, -0.1) is 11.6 Å². The first-order chi connectivity index (χ1) is 15.2. The highest BCUT2D eigenvalue weighted by atomic mass is 127. The van der Waals surface area contributed by atoms with Crippen LogP contribution in [0, 0.1) is 0 Å². The van der Waals surface area contributed by atoms with Gasteiger partial charge >= 0.3 is 0 Å². The maximum Gasteiger partial charge on any atom is 0.0784 e. The molecular formula is C29H61ClIN. The lowest BCUT2D eigenvalue weighted by atomic mass is 10.1. The van der Waals surface area contributed by atoms with Crippen LogP contribution < -0.4 is 24.0 Å². The zero-order chi connectivity index (χ0) is 22.9. The van der Waals surface area contributed by atoms with Crippen LogP contribution in [0.4, 0.5) is 0 Å². The number of nitrogens with zero attached hydrogens (tertiary/aromatic N) is 1. The van der Waals surface area contributed by atoms with Gasteiger partial charge in [-0.25, -0.2) is 0 Å². The van der Waals surface area contributed by atoms with Crippen molar-refractivity contribution in [1.29, 1.82) is 0 Å². The van der Waals surface area contributed by atoms with E-state index in [9.17, 15) is 0 Å². The molecule has 1 nitrogen and oxygen atoms in total. The predicted molar refractivity (Wildman–Crippen MR) is 144 cm³/mol. The molecule has 196 valence electrons. The molecule has 0 aromatic heterocycles. The molecule has 0 N–H and O–H groups in total. The quantitative estimate of drug-likeness (QED) is 0.0432. The molecule has 0 aromatic rings. The normalized spacial score (nSPS) is 11.6. The average Bonchev–Trinajstić information content (AvgIpc) is 2.76. The molecular weight excluding hydrogens is 525 g/mol. The average molecular weight is 586 g/mol. The number of alkyl halides is 1. The van der Waals surface area contributed by atoms with Gasteiger partial charge in [-0.1, -0.05) is 117 Å². The minimum Gasteiger partial charge on any atom is -1.00 e. The Morgan fingerprint density at radius 2 is 0.656 bits per heavy atom. The van der Waals surface area contributed by atoms with Crippen LogP contribution in [-0.2, 0) is 0 Å². The maximum atomic E-state index is 5.95. The van der Waals surface area contributed by atoms with Gasteiger partial charge in [0, 0.05) is 5.88 Å². The summed E-state index contributed by atoms with van der Waals surface area (Å²) in [6.45, 7) is 8.71. The Kier molecular flexibility index (Phi) is 31.0. The van der Waals surface area contributed by atoms with Crippen molar-refractivity contribution in [2.75, 3.05) is 32.6 Å². The van der Waals surface area contributed by atoms with Crippen LogP contribution in [0.15, 0.2) is 0 Å². The van der Waals surface area contributed by atoms with E-state index in [0.717, 1.165) is 5.88 Å². The van der Waals surface area contributed by atoms with Crippen molar-refractivity contribution >= 4 is 11.6 Å². The Labute approximate surface area is 226 Å². The Morgan fingerprint density at radius 3 is 0.938 bits per heavy atom. The summed E-state index contributed by atoms with van der Waals surface area (Å²) in [6.07, 6.45) is 31.3. The SMILES string of the molecule is CCCCCCCCCCCC[N+](C)(CCCCCl)CCCCCCCCCCCC.[I-]. The lowest BCUT2D eigenvalue weighted by Crippen LogP contribution is -3.00. The van der Waals surface area contributed by atoms with E-state index < -0.39 is 0 Å². The highest BCUT2D eigenvalue weighted by Gasteiger charge is 2.20. The first kappa shape index (κ1) is 35.1. The van der Waals surface area contributed by atoms with E-state index in [2.05, 4.69) is 20.9 Å². The van der Waals surface area contributed by atoms with Crippen molar-refractivity contribution in [2.24, 2.45) is 0 Å². The molecule has 0 fully saturated rings. The third-order valence-corrected chi connectivity index (χ3v) is 7.45. The summed E-state index contributed by atoms with van der Waals surface area (Å²) in [5.74, 6) is 0.830. The van der Waals surface area contributed by atoms with Crippen LogP contribution in [-0.4, -0.2) is 37.0 Å². The predicted octanol–water partition coefficient (Wildman–Crippen LogP) is 7.30. The van der Waals surface area contributed by atoms with Gasteiger partial charge in [0.15, 0.2) is 0 Å². The third-order valence-electron chi connectivity index (χ3n) is 7.18. The summed E-state index contributed by atoms with van der Waals surface area (Å²) >= 11 is 5.95. The molecule has 0 saturated carbocycles. The van der Waals surface area contributed by atoms with Gasteiger partial charge in [0.2, 0.25) is 0 Å². The number of hydrogen-bond donors (Lipinski definition) is 0. The number of quaternary nitrogens is 1. The van der Waals surface area contributed by atoms with E-state index in [1.807, 2.05) is 0 Å². The molecule has 0 spiro atoms. The van der Waals surface area contributed by atoms with Crippen molar-refractivity contribution in [1.82, 2.24) is 0 Å². The number of rotatable bonds is 26. The summed E-state index contributed by atoms with van der Waals surface area (Å²) in [6, 6.07) is 0. The second kappa shape index (κ2) is 28.2. The first-order valence-corrected chi connectivity index (χ1v) is 15.1. The highest BCUT2D eigenvalue weighted by molar-refractivity contribution is 6.17. The van der Waals surface area contributed by atoms with E-state index in [-0.39, 0.29) is 24.0 Å². The van der Waals surface area contributed by atoms with E-state index >= 15 is 0 Å². The number of hydrogen-bond acceptors (Lipinski definition) is 0. The Morgan fingerprint density at radius 1 is 0.406 bits per heavy atom. The molecule has 0 heterocycles. The molecule has 0 aliphatic rings. The van der Waals surface area contributed by atoms with E-state index in [4.69, 9.17) is 11.6 Å². The van der Waals surface area contributed by atoms with Crippen molar-refractivity contribution in [3.63, 3.8) is 0 Å². The van der Waals surface area contributed by atoms with Crippen LogP contribution in [0.5, 0.6) is 0 Å². The van der Waals surface area contributed by atoms with Crippen molar-refractivity contribution in [3.05, 3.63) is 0 Å². The van der Waals surface area contributed by atoms with Gasteiger partial charge in [0.05, 0.1) is 26.7 Å². The van der Waals surface area contributed by atoms with Crippen LogP contribution in [0.25, 0.3) is 0 Å². The van der Waals surface area contributed by atoms with Crippen molar-refractivity contribution in [3.8, 4) is 0 Å². The molecule has 0 radical (unpaired) electrons. The van der Waals surface area contributed by atoms with Gasteiger partial charge in [0.25, 0.3) is 0 Å². The standard InChI is InChI=1S/C29H61ClN.HI/c1-4-6-8-10-12-14-16-18-20-23-27-31(3,29-25-22-26-30)28-24-21-19-17-15-13-11-9-7-5-2;/h4-29H2,1-3H3;1H/q+1;/p-1. The molecule has 0 aliphatic heterocycles. The zero-order valence-corrected chi connectivity index (χ0v) is 25.5. The van der Waals surface area contributed by atoms with Gasteiger partial charge in [-0.05, 0) is 38.5 Å². The highest BCUT2D eigenvalue weighted by Crippen LogP contribution is 2.16. The molecule has 0 aliphatic carbocycles. The fraction of sp³-hybridized carbons (Fsp3) is 1.00. The zero-order valence-electron chi connectivity index (χ0n) is 22.6. The molecule has 0 unspecified atom stereocenters. The van der Waals surface area contributed by atoms with Crippen LogP contribution >= 0.6 is 11.6 Å². The molecule has 0 atom stereocenters. The van der Waals surface area contributed by atoms with E-state index in [1.54, 1.807) is 0 Å². The largest absolute Gasteiger partial charge is 1.00 e. The number of unbranched alkanes of at least 4 members (excludes halogenated alkanes) is 19. The van der Waals surface area contributed by atoms with E-state index in [1.165, 1.54) is 165 Å². The number of halogens is 2. The van der Waals surface area contributed by atoms with Crippen LogP contribution in [0.2, 0.25) is 0 Å². The van der Waals surface area contributed by atoms with E-state index in [0.29, 0.717) is 0 Å². The second-order valence-corrected chi connectivity index (χ2v) is 10.9. The van der Waals surface area contributed by atoms with Crippen molar-refractivity contribution in [2.45, 2.75) is 155 Å². The Hall–Kier alpha value is 0.980. The summed E-state index contributed by atoms with van der Waals surface area (Å²) in [5.41, 5.74) is 0. The van der Waals surface area contributed by atoms with Gasteiger partial charge < -0.3 is 28.5 Å². The summed E-state index contributed by atoms with van der Waals surface area (Å²) in [4.78, 5) is 0. The fourth-order valence-corrected chi connectivity index (χ4v) is 5.07. The Bertz CT molecular complexity index is 313. The molecule has 3 heteroatoms. The second-order valence-electron chi connectivity index (χ2n) is 10.6. The Balaban J connectivity index is 0. The van der Waals surface area contributed by atoms with Gasteiger partial charge in [-0.2, -0.15) is 0 Å². The summed E-state index contributed by atoms with van der Waals surface area (Å²) in [7, 11) is 2.52. The first-order valence-electron chi connectivity index (χ1n) is 14.6. The van der Waals surface area contributed by atoms with Crippen molar-refractivity contribution < 1.29 is 28.5 Å². The minimum absolute atomic E-state index is 0. The van der Waals surface area contributed by atoms with Gasteiger partial charge in [0.1, 0.15) is 0 Å². The lowest BCUT2D eigenvalue weighted by molar-refractivity contribution is -0.910. The maximum absolute atomic E-state index is 5.95. The summed E-state index contributed by atoms with van der Waals surface area (Å²) in [5, 5.41) is 0. The molecule has 0 saturated heterocycles. The lowest BCUT2D eigenvalue weighted by Gasteiger charge is -2.35. The van der Waals surface area contributed by atoms with Gasteiger partial charge in [-0.3, -0.25) is 0 Å². The van der Waals surface area contributed by atoms with Crippen LogP contribution in [0.1, 0.15) is 155 Å². The molecule has 0 bridgehead atoms. The minimum atomic E-state index is 0.